The van der Waals surface area contributed by atoms with Crippen molar-refractivity contribution in [3.63, 3.8) is 0 Å². The molecular weight excluding hydrogens is 273 g/mol. The Morgan fingerprint density at radius 1 is 0.833 bits per heavy atom. The van der Waals surface area contributed by atoms with E-state index in [1.54, 1.807) is 0 Å². The smallest absolute Gasteiger partial charge is 0.368 e. The summed E-state index contributed by atoms with van der Waals surface area (Å²) in [5.41, 5.74) is 0. The van der Waals surface area contributed by atoms with E-state index >= 15 is 0 Å². The Kier molecular flexibility index (Phi) is 4.78. The molecule has 6 heavy (non-hydrogen) atoms. The summed E-state index contributed by atoms with van der Waals surface area (Å²) in [6, 6.07) is 0. The van der Waals surface area contributed by atoms with Gasteiger partial charge in [-0.2, -0.15) is 0 Å². The SMILES string of the molecule is O[Si](O)(O)O.[Ta]. The Balaban J connectivity index is 0. The van der Waals surface area contributed by atoms with Crippen molar-refractivity contribution in [1.29, 1.82) is 0 Å². The summed E-state index contributed by atoms with van der Waals surface area (Å²) < 4.78 is 0. The molecule has 0 aliphatic heterocycles. The zero-order valence-corrected chi connectivity index (χ0v) is 6.95. The fourth-order valence-electron chi connectivity index (χ4n) is 0. The van der Waals surface area contributed by atoms with Crippen LogP contribution in [0.4, 0.5) is 0 Å². The van der Waals surface area contributed by atoms with E-state index in [1.807, 2.05) is 0 Å². The molecule has 0 amide bonds. The first-order valence-electron chi connectivity index (χ1n) is 0.894. The fraction of sp³-hybridized carbons (Fsp3) is 0. The second-order valence-electron chi connectivity index (χ2n) is 0.600. The first-order chi connectivity index (χ1) is 2.00. The van der Waals surface area contributed by atoms with Crippen LogP contribution < -0.4 is 0 Å². The Hall–Kier alpha value is 0.797. The predicted octanol–water partition coefficient (Wildman–Crippen LogP) is -2.61. The van der Waals surface area contributed by atoms with Crippen LogP contribution in [0.2, 0.25) is 0 Å². The van der Waals surface area contributed by atoms with E-state index in [9.17, 15) is 0 Å². The molecule has 0 aromatic heterocycles. The minimum absolute atomic E-state index is 0. The maximum atomic E-state index is 7.33. The van der Waals surface area contributed by atoms with Crippen LogP contribution in [-0.2, 0) is 22.4 Å². The normalized spacial score (nSPS) is 10.0. The minimum Gasteiger partial charge on any atom is -0.368 e. The number of hydrogen-bond donors (Lipinski definition) is 4. The molecule has 0 fully saturated rings. The summed E-state index contributed by atoms with van der Waals surface area (Å²) in [6.45, 7) is 0. The van der Waals surface area contributed by atoms with Gasteiger partial charge in [-0.05, 0) is 0 Å². The molecular formula is H4O4SiTa. The third-order valence-corrected chi connectivity index (χ3v) is 0. The van der Waals surface area contributed by atoms with Crippen molar-refractivity contribution in [3.05, 3.63) is 0 Å². The van der Waals surface area contributed by atoms with E-state index < -0.39 is 9.05 Å². The van der Waals surface area contributed by atoms with Gasteiger partial charge in [0.2, 0.25) is 0 Å². The molecule has 0 saturated heterocycles. The summed E-state index contributed by atoms with van der Waals surface area (Å²) in [4.78, 5) is 29.3. The first-order valence-corrected chi connectivity index (χ1v) is 2.68. The third kappa shape index (κ3) is 109. The van der Waals surface area contributed by atoms with E-state index in [1.165, 1.54) is 0 Å². The molecule has 0 aliphatic carbocycles. The van der Waals surface area contributed by atoms with E-state index in [0.29, 0.717) is 0 Å². The van der Waals surface area contributed by atoms with Crippen molar-refractivity contribution in [2.24, 2.45) is 0 Å². The van der Waals surface area contributed by atoms with E-state index in [2.05, 4.69) is 0 Å². The molecule has 0 heterocycles. The van der Waals surface area contributed by atoms with Gasteiger partial charge in [0.25, 0.3) is 0 Å². The molecule has 0 aromatic carbocycles. The first kappa shape index (κ1) is 9.93. The number of hydrogen-bond acceptors (Lipinski definition) is 4. The summed E-state index contributed by atoms with van der Waals surface area (Å²) in [5.74, 6) is 0. The third-order valence-electron chi connectivity index (χ3n) is 0. The molecule has 0 bridgehead atoms. The van der Waals surface area contributed by atoms with Gasteiger partial charge >= 0.3 is 9.05 Å². The molecule has 6 heteroatoms. The molecule has 0 atom stereocenters. The zero-order chi connectivity index (χ0) is 4.50. The molecule has 0 aliphatic rings. The molecule has 0 aromatic rings. The van der Waals surface area contributed by atoms with Crippen molar-refractivity contribution >= 4 is 9.05 Å². The van der Waals surface area contributed by atoms with Crippen LogP contribution in [0.25, 0.3) is 0 Å². The van der Waals surface area contributed by atoms with Gasteiger partial charge in [0, 0.05) is 22.4 Å². The second-order valence-corrected chi connectivity index (χ2v) is 1.80. The monoisotopic (exact) mass is 277 g/mol. The predicted molar refractivity (Wildman–Crippen MR) is 14.6 cm³/mol. The summed E-state index contributed by atoms with van der Waals surface area (Å²) in [6.07, 6.45) is 0. The van der Waals surface area contributed by atoms with Crippen LogP contribution in [0.15, 0.2) is 0 Å². The molecule has 0 saturated carbocycles. The quantitative estimate of drug-likeness (QED) is 0.366. The van der Waals surface area contributed by atoms with Gasteiger partial charge < -0.3 is 19.2 Å². The topological polar surface area (TPSA) is 80.9 Å². The van der Waals surface area contributed by atoms with Crippen LogP contribution in [0, 0.1) is 0 Å². The summed E-state index contributed by atoms with van der Waals surface area (Å²) >= 11 is 0. The van der Waals surface area contributed by atoms with Crippen molar-refractivity contribution in [1.82, 2.24) is 0 Å². The zero-order valence-electron chi connectivity index (χ0n) is 2.74. The van der Waals surface area contributed by atoms with Crippen molar-refractivity contribution in [2.45, 2.75) is 0 Å². The maximum Gasteiger partial charge on any atom is 0.668 e. The average Bonchev–Trinajstić information content (AvgIpc) is 0.722. The second kappa shape index (κ2) is 2.89. The van der Waals surface area contributed by atoms with Gasteiger partial charge in [-0.15, -0.1) is 0 Å². The molecule has 0 rings (SSSR count). The molecule has 0 spiro atoms. The van der Waals surface area contributed by atoms with Crippen LogP contribution in [0.1, 0.15) is 0 Å². The molecule has 0 unspecified atom stereocenters. The van der Waals surface area contributed by atoms with Crippen LogP contribution >= 0.6 is 0 Å². The Morgan fingerprint density at radius 3 is 0.833 bits per heavy atom. The van der Waals surface area contributed by atoms with E-state index in [-0.39, 0.29) is 22.4 Å². The van der Waals surface area contributed by atoms with Gasteiger partial charge in [-0.1, -0.05) is 0 Å². The molecule has 37 valence electrons. The Labute approximate surface area is 51.1 Å². The van der Waals surface area contributed by atoms with Crippen molar-refractivity contribution in [3.8, 4) is 0 Å². The minimum atomic E-state index is -4.61. The van der Waals surface area contributed by atoms with Crippen molar-refractivity contribution in [2.75, 3.05) is 0 Å². The Bertz CT molecular complexity index is 23.0. The largest absolute Gasteiger partial charge is 0.668 e. The van der Waals surface area contributed by atoms with E-state index in [0.717, 1.165) is 0 Å². The van der Waals surface area contributed by atoms with Crippen LogP contribution in [0.3, 0.4) is 0 Å². The van der Waals surface area contributed by atoms with E-state index in [4.69, 9.17) is 19.2 Å². The van der Waals surface area contributed by atoms with Crippen LogP contribution in [-0.4, -0.2) is 28.2 Å². The molecule has 1 radical (unpaired) electrons. The summed E-state index contributed by atoms with van der Waals surface area (Å²) in [5, 5.41) is 0. The van der Waals surface area contributed by atoms with Gasteiger partial charge in [0.1, 0.15) is 0 Å². The van der Waals surface area contributed by atoms with Gasteiger partial charge in [-0.25, -0.2) is 0 Å². The van der Waals surface area contributed by atoms with Gasteiger partial charge in [0.15, 0.2) is 0 Å². The van der Waals surface area contributed by atoms with Crippen LogP contribution in [0.5, 0.6) is 0 Å². The van der Waals surface area contributed by atoms with Crippen molar-refractivity contribution < 1.29 is 41.6 Å². The van der Waals surface area contributed by atoms with Gasteiger partial charge in [0.05, 0.1) is 0 Å². The molecule has 4 nitrogen and oxygen atoms in total. The average molecular weight is 277 g/mol. The molecule has 4 N–H and O–H groups in total. The Morgan fingerprint density at radius 2 is 0.833 bits per heavy atom. The number of rotatable bonds is 0. The fourth-order valence-corrected chi connectivity index (χ4v) is 0. The summed E-state index contributed by atoms with van der Waals surface area (Å²) in [7, 11) is -4.61. The maximum absolute atomic E-state index is 7.33. The van der Waals surface area contributed by atoms with Gasteiger partial charge in [-0.3, -0.25) is 0 Å². The standard InChI is InChI=1S/H4O4Si.Ta/c1-5(2,3)4;/h1-4H;.